The fraction of sp³-hybridized carbons (Fsp3) is 0.345. The molecule has 0 amide bonds. The second-order valence-electron chi connectivity index (χ2n) is 10.3. The average Bonchev–Trinajstić information content (AvgIpc) is 3.44. The molecule has 37 heavy (non-hydrogen) atoms. The standard InChI is InChI=1S/C29H32N6O2/c1-29(12-3-2-9-23(29)18-30)21-35-26(33-15-7-10-24(31)20-33)17-27(36)34(28(35)37)19-22-8-6-11-25(16-22)32-13-4-5-14-32/h2-6,8-9,11-14,16-17,23-24H,7,10,15,19-21,31H2,1H3/t23?,24-,29?/m1/s1. The van der Waals surface area contributed by atoms with E-state index < -0.39 is 5.41 Å². The molecule has 2 aromatic heterocycles. The van der Waals surface area contributed by atoms with E-state index in [4.69, 9.17) is 5.73 Å². The van der Waals surface area contributed by atoms with Crippen molar-refractivity contribution in [1.29, 1.82) is 5.26 Å². The van der Waals surface area contributed by atoms with Crippen molar-refractivity contribution in [3.8, 4) is 11.8 Å². The van der Waals surface area contributed by atoms with Crippen molar-refractivity contribution in [1.82, 2.24) is 13.7 Å². The minimum atomic E-state index is -0.601. The maximum absolute atomic E-state index is 14.0. The molecule has 1 aromatic carbocycles. The molecule has 0 radical (unpaired) electrons. The third-order valence-corrected chi connectivity index (χ3v) is 7.43. The van der Waals surface area contributed by atoms with Crippen molar-refractivity contribution in [3.63, 3.8) is 0 Å². The van der Waals surface area contributed by atoms with Crippen molar-refractivity contribution in [2.24, 2.45) is 17.1 Å². The minimum Gasteiger partial charge on any atom is -0.356 e. The number of anilines is 1. The number of piperidine rings is 1. The Morgan fingerprint density at radius 3 is 2.68 bits per heavy atom. The first-order chi connectivity index (χ1) is 17.9. The molecule has 1 aliphatic heterocycles. The first kappa shape index (κ1) is 24.6. The van der Waals surface area contributed by atoms with Crippen molar-refractivity contribution in [2.45, 2.75) is 38.9 Å². The zero-order chi connectivity index (χ0) is 26.0. The maximum Gasteiger partial charge on any atom is 0.332 e. The number of benzene rings is 1. The Balaban J connectivity index is 1.58. The smallest absolute Gasteiger partial charge is 0.332 e. The van der Waals surface area contributed by atoms with E-state index in [0.717, 1.165) is 30.6 Å². The summed E-state index contributed by atoms with van der Waals surface area (Å²) in [6.45, 7) is 3.71. The van der Waals surface area contributed by atoms with Gasteiger partial charge < -0.3 is 15.2 Å². The van der Waals surface area contributed by atoms with E-state index in [0.29, 0.717) is 12.4 Å². The van der Waals surface area contributed by atoms with Gasteiger partial charge in [-0.2, -0.15) is 5.26 Å². The molecular weight excluding hydrogens is 464 g/mol. The van der Waals surface area contributed by atoms with E-state index in [1.54, 1.807) is 10.6 Å². The monoisotopic (exact) mass is 496 g/mol. The van der Waals surface area contributed by atoms with Crippen molar-refractivity contribution in [2.75, 3.05) is 18.0 Å². The molecule has 2 unspecified atom stereocenters. The van der Waals surface area contributed by atoms with Crippen LogP contribution in [0.15, 0.2) is 88.8 Å². The summed E-state index contributed by atoms with van der Waals surface area (Å²) in [4.78, 5) is 29.4. The van der Waals surface area contributed by atoms with E-state index in [9.17, 15) is 14.9 Å². The predicted molar refractivity (Wildman–Crippen MR) is 145 cm³/mol. The van der Waals surface area contributed by atoms with Crippen molar-refractivity contribution >= 4 is 5.82 Å². The number of nitrogens with zero attached hydrogens (tertiary/aromatic N) is 5. The zero-order valence-corrected chi connectivity index (χ0v) is 21.0. The third kappa shape index (κ3) is 4.95. The van der Waals surface area contributed by atoms with E-state index in [1.165, 1.54) is 4.57 Å². The second-order valence-corrected chi connectivity index (χ2v) is 10.3. The normalized spacial score (nSPS) is 23.2. The molecule has 3 atom stereocenters. The lowest BCUT2D eigenvalue weighted by Crippen LogP contribution is -2.49. The summed E-state index contributed by atoms with van der Waals surface area (Å²) in [5.74, 6) is 0.183. The summed E-state index contributed by atoms with van der Waals surface area (Å²) >= 11 is 0. The average molecular weight is 497 g/mol. The second kappa shape index (κ2) is 10.1. The van der Waals surface area contributed by atoms with Crippen LogP contribution in [-0.2, 0) is 13.1 Å². The maximum atomic E-state index is 14.0. The van der Waals surface area contributed by atoms with Crippen LogP contribution in [0.4, 0.5) is 5.82 Å². The summed E-state index contributed by atoms with van der Waals surface area (Å²) in [5, 5.41) is 9.82. The number of nitrogens with two attached hydrogens (primary N) is 1. The van der Waals surface area contributed by atoms with Crippen LogP contribution in [0.3, 0.4) is 0 Å². The van der Waals surface area contributed by atoms with Crippen molar-refractivity contribution in [3.05, 3.63) is 106 Å². The molecule has 0 saturated carbocycles. The van der Waals surface area contributed by atoms with E-state index >= 15 is 0 Å². The molecule has 190 valence electrons. The first-order valence-corrected chi connectivity index (χ1v) is 12.7. The van der Waals surface area contributed by atoms with Gasteiger partial charge >= 0.3 is 5.69 Å². The largest absolute Gasteiger partial charge is 0.356 e. The summed E-state index contributed by atoms with van der Waals surface area (Å²) in [7, 11) is 0. The van der Waals surface area contributed by atoms with Gasteiger partial charge in [0.1, 0.15) is 5.82 Å². The lowest BCUT2D eigenvalue weighted by atomic mass is 9.75. The van der Waals surface area contributed by atoms with Crippen LogP contribution in [0, 0.1) is 22.7 Å². The van der Waals surface area contributed by atoms with Gasteiger partial charge in [0.05, 0.1) is 18.5 Å². The van der Waals surface area contributed by atoms with Crippen LogP contribution < -0.4 is 21.9 Å². The highest BCUT2D eigenvalue weighted by Gasteiger charge is 2.34. The highest BCUT2D eigenvalue weighted by Crippen LogP contribution is 2.35. The molecule has 2 N–H and O–H groups in total. The molecule has 8 nitrogen and oxygen atoms in total. The van der Waals surface area contributed by atoms with E-state index in [-0.39, 0.29) is 36.3 Å². The molecule has 3 aromatic rings. The van der Waals surface area contributed by atoms with Gasteiger partial charge in [-0.15, -0.1) is 0 Å². The topological polar surface area (TPSA) is 102 Å². The molecule has 0 bridgehead atoms. The molecule has 1 saturated heterocycles. The third-order valence-electron chi connectivity index (χ3n) is 7.43. The summed E-state index contributed by atoms with van der Waals surface area (Å²) in [6, 6.07) is 15.6. The Morgan fingerprint density at radius 1 is 1.11 bits per heavy atom. The number of rotatable bonds is 6. The highest BCUT2D eigenvalue weighted by atomic mass is 16.2. The van der Waals surface area contributed by atoms with Gasteiger partial charge in [-0.25, -0.2) is 4.79 Å². The number of hydrogen-bond acceptors (Lipinski definition) is 5. The lowest BCUT2D eigenvalue weighted by Gasteiger charge is -2.37. The Bertz CT molecular complexity index is 1490. The van der Waals surface area contributed by atoms with Crippen molar-refractivity contribution < 1.29 is 0 Å². The molecule has 1 aliphatic carbocycles. The van der Waals surface area contributed by atoms with Crippen LogP contribution in [0.2, 0.25) is 0 Å². The molecular formula is C29H32N6O2. The fourth-order valence-electron chi connectivity index (χ4n) is 5.34. The van der Waals surface area contributed by atoms with Crippen LogP contribution >= 0.6 is 0 Å². The molecule has 1 fully saturated rings. The summed E-state index contributed by atoms with van der Waals surface area (Å²) in [6.07, 6.45) is 13.3. The predicted octanol–water partition coefficient (Wildman–Crippen LogP) is 3.05. The molecule has 2 aliphatic rings. The van der Waals surface area contributed by atoms with Gasteiger partial charge in [0, 0.05) is 55.2 Å². The first-order valence-electron chi connectivity index (χ1n) is 12.7. The van der Waals surface area contributed by atoms with Crippen LogP contribution in [0.1, 0.15) is 25.3 Å². The van der Waals surface area contributed by atoms with Crippen LogP contribution in [0.25, 0.3) is 5.69 Å². The fourth-order valence-corrected chi connectivity index (χ4v) is 5.34. The lowest BCUT2D eigenvalue weighted by molar-refractivity contribution is 0.294. The Hall–Kier alpha value is -4.09. The Labute approximate surface area is 216 Å². The number of allylic oxidation sites excluding steroid dienone is 4. The summed E-state index contributed by atoms with van der Waals surface area (Å²) < 4.78 is 4.94. The summed E-state index contributed by atoms with van der Waals surface area (Å²) in [5.41, 5.74) is 6.74. The van der Waals surface area contributed by atoms with Gasteiger partial charge in [-0.3, -0.25) is 13.9 Å². The number of aromatic nitrogens is 3. The van der Waals surface area contributed by atoms with E-state index in [1.807, 2.05) is 89.5 Å². The SMILES string of the molecule is CC1(Cn2c(N3CCC[C@@H](N)C3)cc(=O)n(Cc3cccc(-n4cccc4)c3)c2=O)C=CC=CC1C#N. The van der Waals surface area contributed by atoms with Gasteiger partial charge in [0.15, 0.2) is 0 Å². The molecule has 0 spiro atoms. The number of hydrogen-bond donors (Lipinski definition) is 1. The van der Waals surface area contributed by atoms with Gasteiger partial charge in [0.2, 0.25) is 0 Å². The molecule has 3 heterocycles. The minimum absolute atomic E-state index is 0.0175. The van der Waals surface area contributed by atoms with Gasteiger partial charge in [-0.05, 0) is 42.7 Å². The molecule has 5 rings (SSSR count). The molecule has 8 heteroatoms. The Kier molecular flexibility index (Phi) is 6.72. The van der Waals surface area contributed by atoms with Crippen LogP contribution in [-0.4, -0.2) is 32.8 Å². The highest BCUT2D eigenvalue weighted by molar-refractivity contribution is 5.41. The van der Waals surface area contributed by atoms with E-state index in [2.05, 4.69) is 6.07 Å². The number of nitriles is 1. The van der Waals surface area contributed by atoms with Crippen LogP contribution in [0.5, 0.6) is 0 Å². The quantitative estimate of drug-likeness (QED) is 0.565. The zero-order valence-electron chi connectivity index (χ0n) is 21.0. The van der Waals surface area contributed by atoms with Gasteiger partial charge in [0.25, 0.3) is 5.56 Å². The van der Waals surface area contributed by atoms with Gasteiger partial charge in [-0.1, -0.05) is 43.4 Å². The Morgan fingerprint density at radius 2 is 1.92 bits per heavy atom.